The summed E-state index contributed by atoms with van der Waals surface area (Å²) in [5.41, 5.74) is 1.78. The van der Waals surface area contributed by atoms with Gasteiger partial charge >= 0.3 is 0 Å². The predicted molar refractivity (Wildman–Crippen MR) is 123 cm³/mol. The van der Waals surface area contributed by atoms with Crippen LogP contribution >= 0.6 is 0 Å². The van der Waals surface area contributed by atoms with Crippen molar-refractivity contribution in [2.75, 3.05) is 0 Å². The number of aromatic nitrogens is 1. The van der Waals surface area contributed by atoms with Crippen molar-refractivity contribution in [2.24, 2.45) is 0 Å². The van der Waals surface area contributed by atoms with Crippen molar-refractivity contribution in [3.8, 4) is 5.88 Å². The van der Waals surface area contributed by atoms with Crippen molar-refractivity contribution in [1.82, 2.24) is 15.8 Å². The maximum atomic E-state index is 13.2. The molecule has 2 aromatic rings. The summed E-state index contributed by atoms with van der Waals surface area (Å²) in [6.07, 6.45) is 4.86. The molecule has 0 spiro atoms. The molecule has 0 saturated carbocycles. The summed E-state index contributed by atoms with van der Waals surface area (Å²) in [4.78, 5) is 26.1. The van der Waals surface area contributed by atoms with Gasteiger partial charge in [-0.2, -0.15) is 0 Å². The van der Waals surface area contributed by atoms with Crippen molar-refractivity contribution in [1.29, 1.82) is 0 Å². The number of nitrogens with zero attached hydrogens (tertiary/aromatic N) is 1. The molecule has 1 aromatic carbocycles. The molecule has 7 nitrogen and oxygen atoms in total. The molecule has 0 bridgehead atoms. The van der Waals surface area contributed by atoms with Gasteiger partial charge in [0.05, 0.1) is 11.7 Å². The topological polar surface area (TPSA) is 93.5 Å². The normalized spacial score (nSPS) is 14.8. The molecule has 32 heavy (non-hydrogen) atoms. The predicted octanol–water partition coefficient (Wildman–Crippen LogP) is 4.28. The maximum Gasteiger partial charge on any atom is 0.262 e. The first kappa shape index (κ1) is 23.6. The number of allylic oxidation sites excluding steroid dienone is 1. The van der Waals surface area contributed by atoms with E-state index in [4.69, 9.17) is 9.26 Å². The molecule has 172 valence electrons. The summed E-state index contributed by atoms with van der Waals surface area (Å²) in [7, 11) is 0. The fourth-order valence-electron chi connectivity index (χ4n) is 3.64. The van der Waals surface area contributed by atoms with E-state index in [-0.39, 0.29) is 17.9 Å². The van der Waals surface area contributed by atoms with Crippen molar-refractivity contribution >= 4 is 17.4 Å². The third kappa shape index (κ3) is 6.22. The lowest BCUT2D eigenvalue weighted by molar-refractivity contribution is -0.124. The Bertz CT molecular complexity index is 971. The molecule has 0 radical (unpaired) electrons. The number of rotatable bonds is 7. The van der Waals surface area contributed by atoms with Gasteiger partial charge in [0, 0.05) is 23.9 Å². The average Bonchev–Trinajstić information content (AvgIpc) is 2.98. The van der Waals surface area contributed by atoms with Crippen molar-refractivity contribution in [3.05, 3.63) is 53.3 Å². The molecule has 2 amide bonds. The molecule has 2 N–H and O–H groups in total. The van der Waals surface area contributed by atoms with Gasteiger partial charge in [-0.1, -0.05) is 24.3 Å². The van der Waals surface area contributed by atoms with E-state index in [9.17, 15) is 9.59 Å². The zero-order valence-corrected chi connectivity index (χ0v) is 19.5. The van der Waals surface area contributed by atoms with Crippen LogP contribution < -0.4 is 15.4 Å². The van der Waals surface area contributed by atoms with Crippen LogP contribution in [0.15, 0.2) is 40.9 Å². The van der Waals surface area contributed by atoms with Gasteiger partial charge in [-0.05, 0) is 70.3 Å². The van der Waals surface area contributed by atoms with Gasteiger partial charge < -0.3 is 19.9 Å². The number of fused-ring (bicyclic) bond motifs is 1. The third-order valence-electron chi connectivity index (χ3n) is 4.98. The SMILES string of the molecule is CC(C)Oc1noc2c1C(C[C@H](NC(=O)c1ccccc1)C(=O)NC(C)(C)C)=CCCC2. The van der Waals surface area contributed by atoms with Gasteiger partial charge in [-0.15, -0.1) is 0 Å². The summed E-state index contributed by atoms with van der Waals surface area (Å²) in [5, 5.41) is 10.0. The van der Waals surface area contributed by atoms with Crippen molar-refractivity contribution in [2.45, 2.75) is 78.0 Å². The molecule has 7 heteroatoms. The first-order valence-electron chi connectivity index (χ1n) is 11.2. The van der Waals surface area contributed by atoms with E-state index in [0.29, 0.717) is 17.9 Å². The molecular weight excluding hydrogens is 406 g/mol. The minimum atomic E-state index is -0.763. The zero-order valence-electron chi connectivity index (χ0n) is 19.5. The zero-order chi connectivity index (χ0) is 23.3. The van der Waals surface area contributed by atoms with E-state index in [1.54, 1.807) is 24.3 Å². The number of hydrogen-bond donors (Lipinski definition) is 2. The molecule has 1 aliphatic carbocycles. The van der Waals surface area contributed by atoms with E-state index in [0.717, 1.165) is 36.2 Å². The first-order valence-corrected chi connectivity index (χ1v) is 11.2. The molecule has 0 unspecified atom stereocenters. The lowest BCUT2D eigenvalue weighted by atomic mass is 9.97. The summed E-state index contributed by atoms with van der Waals surface area (Å²) >= 11 is 0. The Morgan fingerprint density at radius 3 is 2.56 bits per heavy atom. The Morgan fingerprint density at radius 2 is 1.91 bits per heavy atom. The monoisotopic (exact) mass is 439 g/mol. The minimum Gasteiger partial charge on any atom is -0.472 e. The molecular formula is C25H33N3O4. The Hall–Kier alpha value is -3.09. The maximum absolute atomic E-state index is 13.2. The van der Waals surface area contributed by atoms with Crippen LogP contribution in [0.4, 0.5) is 0 Å². The number of nitrogens with one attached hydrogen (secondary N) is 2. The van der Waals surface area contributed by atoms with Crippen LogP contribution in [-0.4, -0.2) is 34.7 Å². The summed E-state index contributed by atoms with van der Waals surface area (Å²) in [6, 6.07) is 8.14. The molecule has 1 aromatic heterocycles. The number of benzene rings is 1. The van der Waals surface area contributed by atoms with E-state index >= 15 is 0 Å². The van der Waals surface area contributed by atoms with Crippen molar-refractivity contribution in [3.63, 3.8) is 0 Å². The Balaban J connectivity index is 1.90. The Labute approximate surface area is 189 Å². The fourth-order valence-corrected chi connectivity index (χ4v) is 3.64. The highest BCUT2D eigenvalue weighted by atomic mass is 16.5. The minimum absolute atomic E-state index is 0.0635. The number of amides is 2. The lowest BCUT2D eigenvalue weighted by Gasteiger charge is -2.26. The smallest absolute Gasteiger partial charge is 0.262 e. The average molecular weight is 440 g/mol. The molecule has 1 heterocycles. The standard InChI is InChI=1S/C25H33N3O4/c1-16(2)31-24-21-18(13-9-10-14-20(21)32-28-24)15-19(23(30)27-25(3,4)5)26-22(29)17-11-7-6-8-12-17/h6-8,11-13,16,19H,9-10,14-15H2,1-5H3,(H,26,29)(H,27,30)/t19-/m0/s1. The van der Waals surface area contributed by atoms with Crippen molar-refractivity contribution < 1.29 is 18.8 Å². The largest absolute Gasteiger partial charge is 0.472 e. The van der Waals surface area contributed by atoms with Crippen LogP contribution in [0.3, 0.4) is 0 Å². The van der Waals surface area contributed by atoms with Gasteiger partial charge in [0.2, 0.25) is 5.91 Å². The summed E-state index contributed by atoms with van der Waals surface area (Å²) < 4.78 is 11.4. The molecule has 1 aliphatic rings. The van der Waals surface area contributed by atoms with Crippen LogP contribution in [-0.2, 0) is 11.2 Å². The van der Waals surface area contributed by atoms with Crippen LogP contribution in [0.25, 0.3) is 5.57 Å². The quantitative estimate of drug-likeness (QED) is 0.671. The van der Waals surface area contributed by atoms with Gasteiger partial charge in [-0.3, -0.25) is 9.59 Å². The van der Waals surface area contributed by atoms with E-state index < -0.39 is 11.6 Å². The summed E-state index contributed by atoms with van der Waals surface area (Å²) in [5.74, 6) is 0.663. The van der Waals surface area contributed by atoms with E-state index in [1.165, 1.54) is 0 Å². The number of carbonyl (C=O) groups is 2. The molecule has 0 saturated heterocycles. The Morgan fingerprint density at radius 1 is 1.19 bits per heavy atom. The Kier molecular flexibility index (Phi) is 7.38. The third-order valence-corrected chi connectivity index (χ3v) is 4.98. The second-order valence-corrected chi connectivity index (χ2v) is 9.41. The molecule has 0 fully saturated rings. The number of carbonyl (C=O) groups excluding carboxylic acids is 2. The highest BCUT2D eigenvalue weighted by molar-refractivity contribution is 5.98. The van der Waals surface area contributed by atoms with Gasteiger partial charge in [0.15, 0.2) is 0 Å². The lowest BCUT2D eigenvalue weighted by Crippen LogP contribution is -2.52. The number of ether oxygens (including phenoxy) is 1. The highest BCUT2D eigenvalue weighted by Gasteiger charge is 2.30. The fraction of sp³-hybridized carbons (Fsp3) is 0.480. The number of hydrogen-bond acceptors (Lipinski definition) is 5. The van der Waals surface area contributed by atoms with E-state index in [1.807, 2.05) is 40.7 Å². The summed E-state index contributed by atoms with van der Waals surface area (Å²) in [6.45, 7) is 9.61. The molecule has 1 atom stereocenters. The van der Waals surface area contributed by atoms with Crippen LogP contribution in [0.2, 0.25) is 0 Å². The van der Waals surface area contributed by atoms with E-state index in [2.05, 4.69) is 21.9 Å². The number of aryl methyl sites for hydroxylation is 1. The molecule has 3 rings (SSSR count). The van der Waals surface area contributed by atoms with Crippen LogP contribution in [0, 0.1) is 0 Å². The van der Waals surface area contributed by atoms with Crippen LogP contribution in [0.1, 0.15) is 75.6 Å². The molecule has 0 aliphatic heterocycles. The van der Waals surface area contributed by atoms with Gasteiger partial charge in [-0.25, -0.2) is 0 Å². The highest BCUT2D eigenvalue weighted by Crippen LogP contribution is 2.36. The second-order valence-electron chi connectivity index (χ2n) is 9.41. The first-order chi connectivity index (χ1) is 15.1. The van der Waals surface area contributed by atoms with Gasteiger partial charge in [0.25, 0.3) is 11.8 Å². The second kappa shape index (κ2) is 10.0. The van der Waals surface area contributed by atoms with Gasteiger partial charge in [0.1, 0.15) is 11.8 Å². The van der Waals surface area contributed by atoms with Crippen LogP contribution in [0.5, 0.6) is 5.88 Å².